The summed E-state index contributed by atoms with van der Waals surface area (Å²) in [5, 5.41) is 4.24. The molecule has 8 heteroatoms. The first-order chi connectivity index (χ1) is 18.4. The van der Waals surface area contributed by atoms with Crippen LogP contribution in [0.15, 0.2) is 54.9 Å². The normalized spacial score (nSPS) is 24.4. The van der Waals surface area contributed by atoms with E-state index < -0.39 is 17.6 Å². The summed E-state index contributed by atoms with van der Waals surface area (Å²) in [6.07, 6.45) is 8.10. The van der Waals surface area contributed by atoms with Gasteiger partial charge in [-0.1, -0.05) is 42.5 Å². The van der Waals surface area contributed by atoms with Crippen LogP contribution < -0.4 is 0 Å². The molecule has 1 aromatic heterocycles. The van der Waals surface area contributed by atoms with Gasteiger partial charge in [0.1, 0.15) is 6.54 Å². The van der Waals surface area contributed by atoms with Gasteiger partial charge in [0.05, 0.1) is 6.20 Å². The van der Waals surface area contributed by atoms with Crippen LogP contribution in [0.4, 0.5) is 4.79 Å². The van der Waals surface area contributed by atoms with Gasteiger partial charge >= 0.3 is 6.09 Å². The molecule has 1 unspecified atom stereocenters. The molecule has 3 aromatic rings. The predicted molar refractivity (Wildman–Crippen MR) is 139 cm³/mol. The van der Waals surface area contributed by atoms with Crippen LogP contribution in [0, 0.1) is 5.92 Å². The minimum atomic E-state index is -1.35. The lowest BCUT2D eigenvalue weighted by molar-refractivity contribution is -0.143. The molecule has 0 bridgehead atoms. The van der Waals surface area contributed by atoms with E-state index in [0.29, 0.717) is 25.3 Å². The maximum absolute atomic E-state index is 13.8. The highest BCUT2D eigenvalue weighted by Crippen LogP contribution is 2.46. The van der Waals surface area contributed by atoms with Crippen molar-refractivity contribution >= 4 is 17.9 Å². The number of nitrogens with zero attached hydrogens (tertiary/aromatic N) is 4. The second-order valence-electron chi connectivity index (χ2n) is 11.1. The Bertz CT molecular complexity index is 1470. The Labute approximate surface area is 221 Å². The van der Waals surface area contributed by atoms with Gasteiger partial charge in [-0.2, -0.15) is 5.10 Å². The molecule has 194 valence electrons. The van der Waals surface area contributed by atoms with Crippen molar-refractivity contribution in [2.45, 2.75) is 56.7 Å². The van der Waals surface area contributed by atoms with Crippen LogP contribution in [-0.4, -0.2) is 50.1 Å². The van der Waals surface area contributed by atoms with Crippen LogP contribution in [0.3, 0.4) is 0 Å². The summed E-state index contributed by atoms with van der Waals surface area (Å²) >= 11 is 0. The van der Waals surface area contributed by atoms with Crippen LogP contribution >= 0.6 is 0 Å². The van der Waals surface area contributed by atoms with Crippen molar-refractivity contribution in [2.75, 3.05) is 6.54 Å². The van der Waals surface area contributed by atoms with Crippen molar-refractivity contribution in [1.29, 1.82) is 0 Å². The maximum Gasteiger partial charge on any atom is 0.418 e. The van der Waals surface area contributed by atoms with E-state index in [1.165, 1.54) is 5.56 Å². The van der Waals surface area contributed by atoms with Crippen molar-refractivity contribution in [3.63, 3.8) is 0 Å². The van der Waals surface area contributed by atoms with Crippen LogP contribution in [0.25, 0.3) is 11.1 Å². The van der Waals surface area contributed by atoms with E-state index in [1.807, 2.05) is 48.5 Å². The van der Waals surface area contributed by atoms with Gasteiger partial charge < -0.3 is 9.64 Å². The molecular formula is C30H30N4O4. The lowest BCUT2D eigenvalue weighted by Crippen LogP contribution is -2.48. The molecule has 8 nitrogen and oxygen atoms in total. The maximum atomic E-state index is 13.8. The highest BCUT2D eigenvalue weighted by molar-refractivity contribution is 6.06. The zero-order valence-electron chi connectivity index (χ0n) is 21.4. The summed E-state index contributed by atoms with van der Waals surface area (Å²) in [4.78, 5) is 43.5. The van der Waals surface area contributed by atoms with Gasteiger partial charge in [0.2, 0.25) is 11.5 Å². The fourth-order valence-electron chi connectivity index (χ4n) is 6.59. The average Bonchev–Trinajstić information content (AvgIpc) is 3.55. The number of aromatic nitrogens is 2. The molecule has 1 spiro atoms. The SMILES string of the molecule is Cn1cc(-c2ccc3c(c2)CCC32OC(=O)N(CC(=O)N3Cc4ccccc4CC[C@H]3C3CC3)C2=O)cn1. The zero-order chi connectivity index (χ0) is 26.0. The van der Waals surface area contributed by atoms with Crippen LogP contribution in [0.1, 0.15) is 47.9 Å². The highest BCUT2D eigenvalue weighted by Gasteiger charge is 2.58. The Morgan fingerprint density at radius 3 is 2.61 bits per heavy atom. The monoisotopic (exact) mass is 510 g/mol. The smallest absolute Gasteiger partial charge is 0.418 e. The molecule has 3 amide bonds. The first-order valence-electron chi connectivity index (χ1n) is 13.5. The number of fused-ring (bicyclic) bond motifs is 3. The quantitative estimate of drug-likeness (QED) is 0.531. The van der Waals surface area contributed by atoms with Crippen molar-refractivity contribution < 1.29 is 19.1 Å². The Balaban J connectivity index is 1.14. The van der Waals surface area contributed by atoms with E-state index in [4.69, 9.17) is 4.74 Å². The van der Waals surface area contributed by atoms with Gasteiger partial charge in [0, 0.05) is 43.4 Å². The second kappa shape index (κ2) is 8.55. The first-order valence-corrected chi connectivity index (χ1v) is 13.5. The van der Waals surface area contributed by atoms with Crippen LogP contribution in [-0.2, 0) is 46.4 Å². The fourth-order valence-corrected chi connectivity index (χ4v) is 6.59. The van der Waals surface area contributed by atoms with Gasteiger partial charge in [0.15, 0.2) is 0 Å². The summed E-state index contributed by atoms with van der Waals surface area (Å²) in [7, 11) is 1.87. The lowest BCUT2D eigenvalue weighted by atomic mass is 9.93. The first kappa shape index (κ1) is 23.2. The number of hydrogen-bond donors (Lipinski definition) is 0. The molecule has 4 aliphatic rings. The Kier molecular flexibility index (Phi) is 5.22. The third-order valence-electron chi connectivity index (χ3n) is 8.75. The summed E-state index contributed by atoms with van der Waals surface area (Å²) < 4.78 is 7.56. The number of rotatable bonds is 4. The predicted octanol–water partition coefficient (Wildman–Crippen LogP) is 3.96. The Morgan fingerprint density at radius 2 is 1.84 bits per heavy atom. The number of benzene rings is 2. The van der Waals surface area contributed by atoms with E-state index in [0.717, 1.165) is 58.4 Å². The molecule has 7 rings (SSSR count). The molecular weight excluding hydrogens is 480 g/mol. The highest BCUT2D eigenvalue weighted by atomic mass is 16.6. The molecule has 2 aliphatic carbocycles. The van der Waals surface area contributed by atoms with Crippen molar-refractivity contribution in [2.24, 2.45) is 13.0 Å². The van der Waals surface area contributed by atoms with Gasteiger partial charge in [0.25, 0.3) is 5.91 Å². The second-order valence-corrected chi connectivity index (χ2v) is 11.1. The molecule has 0 radical (unpaired) electrons. The third kappa shape index (κ3) is 3.65. The van der Waals surface area contributed by atoms with Gasteiger partial charge in [-0.25, -0.2) is 9.69 Å². The molecule has 2 aromatic carbocycles. The molecule has 3 heterocycles. The van der Waals surface area contributed by atoms with Crippen molar-refractivity contribution in [3.8, 4) is 11.1 Å². The molecule has 38 heavy (non-hydrogen) atoms. The molecule has 2 atom stereocenters. The average molecular weight is 511 g/mol. The number of carbonyl (C=O) groups excluding carboxylic acids is 3. The number of imide groups is 1. The lowest BCUT2D eigenvalue weighted by Gasteiger charge is -2.31. The Hall–Kier alpha value is -3.94. The molecule has 0 N–H and O–H groups in total. The summed E-state index contributed by atoms with van der Waals surface area (Å²) in [5.41, 5.74) is 4.77. The minimum absolute atomic E-state index is 0.135. The summed E-state index contributed by atoms with van der Waals surface area (Å²) in [5.74, 6) is -0.121. The summed E-state index contributed by atoms with van der Waals surface area (Å²) in [6, 6.07) is 14.3. The summed E-state index contributed by atoms with van der Waals surface area (Å²) in [6.45, 7) is 0.228. The van der Waals surface area contributed by atoms with E-state index in [1.54, 1.807) is 10.9 Å². The van der Waals surface area contributed by atoms with Gasteiger partial charge in [-0.3, -0.25) is 14.3 Å². The van der Waals surface area contributed by atoms with Crippen LogP contribution in [0.2, 0.25) is 0 Å². The molecule has 2 aliphatic heterocycles. The fraction of sp³-hybridized carbons (Fsp3) is 0.400. The van der Waals surface area contributed by atoms with E-state index in [9.17, 15) is 14.4 Å². The van der Waals surface area contributed by atoms with E-state index in [-0.39, 0.29) is 18.5 Å². The largest absolute Gasteiger partial charge is 0.427 e. The standard InChI is InChI=1S/C30H30N4O4/c1-32-16-24(15-31-32)21-8-10-25-22(14-21)12-13-30(25)28(36)34(29(37)38-30)18-27(35)33-17-23-5-3-2-4-19(23)9-11-26(33)20-6-7-20/h2-5,8,10,14-16,20,26H,6-7,9,11-13,17-18H2,1H3/t26-,30?/m0/s1. The van der Waals surface area contributed by atoms with E-state index >= 15 is 0 Å². The third-order valence-corrected chi connectivity index (χ3v) is 8.75. The number of amides is 3. The van der Waals surface area contributed by atoms with Crippen LogP contribution in [0.5, 0.6) is 0 Å². The van der Waals surface area contributed by atoms with Crippen molar-refractivity contribution in [1.82, 2.24) is 19.6 Å². The molecule has 1 saturated heterocycles. The topological polar surface area (TPSA) is 84.7 Å². The van der Waals surface area contributed by atoms with E-state index in [2.05, 4.69) is 17.2 Å². The van der Waals surface area contributed by atoms with Gasteiger partial charge in [-0.15, -0.1) is 0 Å². The number of hydrogen-bond acceptors (Lipinski definition) is 5. The number of ether oxygens (including phenoxy) is 1. The zero-order valence-corrected chi connectivity index (χ0v) is 21.4. The number of carbonyl (C=O) groups is 3. The number of aryl methyl sites for hydroxylation is 3. The molecule has 1 saturated carbocycles. The Morgan fingerprint density at radius 1 is 1.03 bits per heavy atom. The van der Waals surface area contributed by atoms with Crippen molar-refractivity contribution in [3.05, 3.63) is 77.1 Å². The molecule has 2 fully saturated rings. The minimum Gasteiger partial charge on any atom is -0.427 e. The van der Waals surface area contributed by atoms with Gasteiger partial charge in [-0.05, 0) is 60.3 Å².